The van der Waals surface area contributed by atoms with Gasteiger partial charge in [-0.15, -0.1) is 0 Å². The zero-order valence-corrected chi connectivity index (χ0v) is 13.1. The van der Waals surface area contributed by atoms with E-state index < -0.39 is 5.97 Å². The lowest BCUT2D eigenvalue weighted by molar-refractivity contribution is 0.0698. The first-order valence-electron chi connectivity index (χ1n) is 5.43. The molecule has 0 aliphatic rings. The van der Waals surface area contributed by atoms with Crippen LogP contribution in [0, 0.1) is 0 Å². The van der Waals surface area contributed by atoms with Crippen LogP contribution in [0.5, 0.6) is 0 Å². The third-order valence-corrected chi connectivity index (χ3v) is 4.25. The average molecular weight is 376 g/mol. The molecule has 0 fully saturated rings. The van der Waals surface area contributed by atoms with Crippen LogP contribution in [0.25, 0.3) is 0 Å². The van der Waals surface area contributed by atoms with Crippen LogP contribution >= 0.6 is 39.1 Å². The summed E-state index contributed by atoms with van der Waals surface area (Å²) in [6.45, 7) is 0. The molecule has 0 heterocycles. The molecule has 2 aromatic carbocycles. The highest BCUT2D eigenvalue weighted by atomic mass is 79.9. The van der Waals surface area contributed by atoms with Gasteiger partial charge in [0, 0.05) is 5.69 Å². The predicted molar refractivity (Wildman–Crippen MR) is 85.3 cm³/mol. The maximum Gasteiger partial charge on any atom is 0.337 e. The summed E-state index contributed by atoms with van der Waals surface area (Å²) in [6, 6.07) is 8.01. The van der Waals surface area contributed by atoms with Crippen molar-refractivity contribution < 1.29 is 9.90 Å². The van der Waals surface area contributed by atoms with Gasteiger partial charge in [0.25, 0.3) is 0 Å². The van der Waals surface area contributed by atoms with Gasteiger partial charge >= 0.3 is 5.97 Å². The quantitative estimate of drug-likeness (QED) is 0.674. The topological polar surface area (TPSA) is 75.3 Å². The summed E-state index contributed by atoms with van der Waals surface area (Å²) in [4.78, 5) is 11.3. The highest BCUT2D eigenvalue weighted by molar-refractivity contribution is 9.10. The Morgan fingerprint density at radius 2 is 1.95 bits per heavy atom. The molecular weight excluding hydrogens is 367 g/mol. The van der Waals surface area contributed by atoms with Gasteiger partial charge in [0.15, 0.2) is 0 Å². The Labute approximate surface area is 133 Å². The molecule has 0 aromatic heterocycles. The number of carboxylic acids is 1. The van der Waals surface area contributed by atoms with Gasteiger partial charge in [-0.2, -0.15) is 0 Å². The zero-order valence-electron chi connectivity index (χ0n) is 9.95. The van der Waals surface area contributed by atoms with Gasteiger partial charge in [-0.05, 0) is 40.2 Å². The number of nitrogens with two attached hydrogens (primary N) is 1. The van der Waals surface area contributed by atoms with Crippen molar-refractivity contribution in [2.24, 2.45) is 0 Å². The molecule has 7 heteroatoms. The molecule has 0 amide bonds. The van der Waals surface area contributed by atoms with Gasteiger partial charge in [-0.3, -0.25) is 0 Å². The Hall–Kier alpha value is -1.43. The largest absolute Gasteiger partial charge is 0.478 e. The normalized spacial score (nSPS) is 10.3. The second-order valence-electron chi connectivity index (χ2n) is 3.96. The zero-order chi connectivity index (χ0) is 14.9. The third-order valence-electron chi connectivity index (χ3n) is 2.55. The van der Waals surface area contributed by atoms with Crippen LogP contribution in [0.1, 0.15) is 10.4 Å². The minimum Gasteiger partial charge on any atom is -0.478 e. The smallest absolute Gasteiger partial charge is 0.337 e. The highest BCUT2D eigenvalue weighted by Crippen LogP contribution is 2.36. The van der Waals surface area contributed by atoms with Crippen LogP contribution in [0.2, 0.25) is 10.0 Å². The van der Waals surface area contributed by atoms with Gasteiger partial charge in [-0.1, -0.05) is 29.3 Å². The first kappa shape index (κ1) is 15.0. The molecule has 4 N–H and O–H groups in total. The Morgan fingerprint density at radius 3 is 2.60 bits per heavy atom. The summed E-state index contributed by atoms with van der Waals surface area (Å²) in [7, 11) is 0. The SMILES string of the molecule is Nc1cc(Cl)c(Nc2cccc(Cl)c2Br)c(C(=O)O)c1. The van der Waals surface area contributed by atoms with E-state index in [4.69, 9.17) is 28.9 Å². The van der Waals surface area contributed by atoms with Crippen LogP contribution in [0.4, 0.5) is 17.1 Å². The van der Waals surface area contributed by atoms with Crippen molar-refractivity contribution in [2.75, 3.05) is 11.1 Å². The molecule has 0 aliphatic heterocycles. The lowest BCUT2D eigenvalue weighted by Crippen LogP contribution is -2.05. The summed E-state index contributed by atoms with van der Waals surface area (Å²) in [5.41, 5.74) is 6.74. The first-order chi connectivity index (χ1) is 9.40. The molecule has 0 saturated carbocycles. The van der Waals surface area contributed by atoms with Crippen molar-refractivity contribution in [3.05, 3.63) is 50.4 Å². The molecule has 0 aliphatic carbocycles. The van der Waals surface area contributed by atoms with Gasteiger partial charge in [0.2, 0.25) is 0 Å². The molecule has 0 bridgehead atoms. The van der Waals surface area contributed by atoms with Crippen LogP contribution in [-0.4, -0.2) is 11.1 Å². The number of aromatic carboxylic acids is 1. The number of hydrogen-bond donors (Lipinski definition) is 3. The number of halogens is 3. The number of rotatable bonds is 3. The molecule has 104 valence electrons. The molecule has 0 spiro atoms. The lowest BCUT2D eigenvalue weighted by atomic mass is 10.1. The number of benzene rings is 2. The van der Waals surface area contributed by atoms with Crippen molar-refractivity contribution in [1.82, 2.24) is 0 Å². The van der Waals surface area contributed by atoms with Crippen LogP contribution in [0.15, 0.2) is 34.8 Å². The Bertz CT molecular complexity index is 692. The van der Waals surface area contributed by atoms with Gasteiger partial charge in [0.1, 0.15) is 0 Å². The Kier molecular flexibility index (Phi) is 4.42. The monoisotopic (exact) mass is 374 g/mol. The Balaban J connectivity index is 2.53. The Morgan fingerprint density at radius 1 is 1.25 bits per heavy atom. The fraction of sp³-hybridized carbons (Fsp3) is 0. The van der Waals surface area contributed by atoms with E-state index in [1.807, 2.05) is 0 Å². The van der Waals surface area contributed by atoms with E-state index in [0.29, 0.717) is 15.2 Å². The number of hydrogen-bond acceptors (Lipinski definition) is 3. The van der Waals surface area contributed by atoms with E-state index in [0.717, 1.165) is 0 Å². The summed E-state index contributed by atoms with van der Waals surface area (Å²) in [5.74, 6) is -1.13. The van der Waals surface area contributed by atoms with Crippen LogP contribution < -0.4 is 11.1 Å². The van der Waals surface area contributed by atoms with Crippen LogP contribution in [-0.2, 0) is 0 Å². The van der Waals surface area contributed by atoms with Gasteiger partial charge in [0.05, 0.1) is 31.5 Å². The second kappa shape index (κ2) is 5.91. The number of carbonyl (C=O) groups is 1. The molecule has 0 radical (unpaired) electrons. The molecular formula is C13H9BrCl2N2O2. The van der Waals surface area contributed by atoms with Crippen LogP contribution in [0.3, 0.4) is 0 Å². The number of carboxylic acid groups (broad SMARTS) is 1. The lowest BCUT2D eigenvalue weighted by Gasteiger charge is -2.14. The van der Waals surface area contributed by atoms with E-state index in [-0.39, 0.29) is 22.0 Å². The average Bonchev–Trinajstić information content (AvgIpc) is 2.37. The number of nitrogen functional groups attached to an aromatic ring is 1. The highest BCUT2D eigenvalue weighted by Gasteiger charge is 2.16. The molecule has 0 unspecified atom stereocenters. The van der Waals surface area contributed by atoms with Gasteiger partial charge < -0.3 is 16.2 Å². The van der Waals surface area contributed by atoms with Crippen molar-refractivity contribution in [3.8, 4) is 0 Å². The summed E-state index contributed by atoms with van der Waals surface area (Å²) < 4.78 is 0.617. The van der Waals surface area contributed by atoms with Crippen molar-refractivity contribution in [2.45, 2.75) is 0 Å². The maximum atomic E-state index is 11.3. The first-order valence-corrected chi connectivity index (χ1v) is 6.98. The second-order valence-corrected chi connectivity index (χ2v) is 5.56. The minimum absolute atomic E-state index is 0.0122. The number of anilines is 3. The predicted octanol–water partition coefficient (Wildman–Crippen LogP) is 4.78. The van der Waals surface area contributed by atoms with E-state index in [1.165, 1.54) is 12.1 Å². The fourth-order valence-corrected chi connectivity index (χ4v) is 2.47. The van der Waals surface area contributed by atoms with Gasteiger partial charge in [-0.25, -0.2) is 4.79 Å². The minimum atomic E-state index is -1.13. The maximum absolute atomic E-state index is 11.3. The van der Waals surface area contributed by atoms with Crippen molar-refractivity contribution in [1.29, 1.82) is 0 Å². The standard InChI is InChI=1S/C13H9BrCl2N2O2/c14-11-8(15)2-1-3-10(11)18-12-7(13(19)20)4-6(17)5-9(12)16/h1-5,18H,17H2,(H,19,20). The van der Waals surface area contributed by atoms with E-state index in [2.05, 4.69) is 21.2 Å². The molecule has 0 atom stereocenters. The molecule has 2 aromatic rings. The van der Waals surface area contributed by atoms with E-state index in [9.17, 15) is 9.90 Å². The third kappa shape index (κ3) is 3.00. The summed E-state index contributed by atoms with van der Waals surface area (Å²) in [6.07, 6.45) is 0. The summed E-state index contributed by atoms with van der Waals surface area (Å²) >= 11 is 15.4. The van der Waals surface area contributed by atoms with E-state index in [1.54, 1.807) is 18.2 Å². The molecule has 4 nitrogen and oxygen atoms in total. The van der Waals surface area contributed by atoms with Crippen molar-refractivity contribution >= 4 is 62.2 Å². The fourth-order valence-electron chi connectivity index (χ4n) is 1.66. The van der Waals surface area contributed by atoms with E-state index >= 15 is 0 Å². The van der Waals surface area contributed by atoms with Crippen molar-refractivity contribution in [3.63, 3.8) is 0 Å². The molecule has 20 heavy (non-hydrogen) atoms. The molecule has 0 saturated heterocycles. The molecule has 2 rings (SSSR count). The summed E-state index contributed by atoms with van der Waals surface area (Å²) in [5, 5.41) is 12.9. The number of nitrogens with one attached hydrogen (secondary N) is 1.